The molecule has 0 aliphatic carbocycles. The van der Waals surface area contributed by atoms with Crippen molar-refractivity contribution in [1.29, 1.82) is 0 Å². The van der Waals surface area contributed by atoms with Gasteiger partial charge in [-0.25, -0.2) is 0 Å². The van der Waals surface area contributed by atoms with Crippen LogP contribution in [0.25, 0.3) is 0 Å². The smallest absolute Gasteiger partial charge is 0.162 e. The first kappa shape index (κ1) is 10.9. The lowest BCUT2D eigenvalue weighted by Crippen LogP contribution is -2.01. The predicted molar refractivity (Wildman–Crippen MR) is 56.6 cm³/mol. The van der Waals surface area contributed by atoms with Gasteiger partial charge < -0.3 is 5.11 Å². The van der Waals surface area contributed by atoms with E-state index in [0.717, 1.165) is 11.1 Å². The van der Waals surface area contributed by atoms with Gasteiger partial charge in [-0.05, 0) is 5.56 Å². The Bertz CT molecular complexity index is 301. The largest absolute Gasteiger partial charge is 0.396 e. The van der Waals surface area contributed by atoms with Crippen molar-refractivity contribution in [2.75, 3.05) is 6.61 Å². The molecule has 1 rings (SSSR count). The zero-order valence-corrected chi connectivity index (χ0v) is 8.66. The van der Waals surface area contributed by atoms with Gasteiger partial charge in [0.2, 0.25) is 0 Å². The van der Waals surface area contributed by atoms with Crippen molar-refractivity contribution in [3.05, 3.63) is 35.4 Å². The Morgan fingerprint density at radius 1 is 1.36 bits per heavy atom. The summed E-state index contributed by atoms with van der Waals surface area (Å²) in [4.78, 5) is 11.3. The highest BCUT2D eigenvalue weighted by Crippen LogP contribution is 2.15. The second-order valence-electron chi connectivity index (χ2n) is 3.48. The summed E-state index contributed by atoms with van der Waals surface area (Å²) in [6.45, 7) is 3.95. The highest BCUT2D eigenvalue weighted by atomic mass is 16.3. The van der Waals surface area contributed by atoms with Crippen LogP contribution in [0.2, 0.25) is 0 Å². The van der Waals surface area contributed by atoms with Gasteiger partial charge in [0.15, 0.2) is 5.78 Å². The number of carbonyl (C=O) groups is 1. The summed E-state index contributed by atoms with van der Waals surface area (Å²) in [6, 6.07) is 7.47. The Morgan fingerprint density at radius 2 is 1.93 bits per heavy atom. The lowest BCUT2D eigenvalue weighted by molar-refractivity contribution is 0.0988. The summed E-state index contributed by atoms with van der Waals surface area (Å²) >= 11 is 0. The van der Waals surface area contributed by atoms with Crippen LogP contribution in [0.3, 0.4) is 0 Å². The molecule has 0 heterocycles. The van der Waals surface area contributed by atoms with Crippen molar-refractivity contribution in [2.24, 2.45) is 0 Å². The maximum Gasteiger partial charge on any atom is 0.162 e. The molecule has 0 amide bonds. The molecule has 14 heavy (non-hydrogen) atoms. The lowest BCUT2D eigenvalue weighted by atomic mass is 9.99. The van der Waals surface area contributed by atoms with Crippen molar-refractivity contribution < 1.29 is 9.90 Å². The Labute approximate surface area is 84.6 Å². The molecule has 1 unspecified atom stereocenters. The van der Waals surface area contributed by atoms with E-state index in [4.69, 9.17) is 5.11 Å². The topological polar surface area (TPSA) is 37.3 Å². The van der Waals surface area contributed by atoms with E-state index >= 15 is 0 Å². The molecule has 0 saturated heterocycles. The summed E-state index contributed by atoms with van der Waals surface area (Å²) in [5.41, 5.74) is 1.82. The van der Waals surface area contributed by atoms with E-state index in [2.05, 4.69) is 0 Å². The molecule has 1 N–H and O–H groups in total. The summed E-state index contributed by atoms with van der Waals surface area (Å²) < 4.78 is 0. The quantitative estimate of drug-likeness (QED) is 0.744. The molecule has 0 aliphatic heterocycles. The molecule has 2 nitrogen and oxygen atoms in total. The van der Waals surface area contributed by atoms with Crippen molar-refractivity contribution in [1.82, 2.24) is 0 Å². The second-order valence-corrected chi connectivity index (χ2v) is 3.48. The number of aliphatic hydroxyl groups excluding tert-OH is 1. The van der Waals surface area contributed by atoms with Crippen LogP contribution in [-0.2, 0) is 0 Å². The Kier molecular flexibility index (Phi) is 3.84. The number of hydrogen-bond donors (Lipinski definition) is 1. The molecule has 0 radical (unpaired) electrons. The summed E-state index contributed by atoms with van der Waals surface area (Å²) in [5.74, 6) is 0.300. The van der Waals surface area contributed by atoms with E-state index in [1.54, 1.807) is 0 Å². The van der Waals surface area contributed by atoms with Gasteiger partial charge in [0.25, 0.3) is 0 Å². The van der Waals surface area contributed by atoms with Crippen LogP contribution >= 0.6 is 0 Å². The number of hydrogen-bond acceptors (Lipinski definition) is 2. The third-order valence-electron chi connectivity index (χ3n) is 2.40. The zero-order chi connectivity index (χ0) is 10.6. The molecule has 0 fully saturated rings. The van der Waals surface area contributed by atoms with E-state index in [1.807, 2.05) is 38.1 Å². The van der Waals surface area contributed by atoms with Crippen LogP contribution in [0, 0.1) is 0 Å². The highest BCUT2D eigenvalue weighted by Gasteiger charge is 2.05. The van der Waals surface area contributed by atoms with Gasteiger partial charge in [-0.3, -0.25) is 4.79 Å². The monoisotopic (exact) mass is 192 g/mol. The highest BCUT2D eigenvalue weighted by molar-refractivity contribution is 5.95. The SMILES string of the molecule is CCC(=O)c1ccc(C(C)CO)cc1. The van der Waals surface area contributed by atoms with E-state index in [9.17, 15) is 4.79 Å². The van der Waals surface area contributed by atoms with E-state index < -0.39 is 0 Å². The fourth-order valence-corrected chi connectivity index (χ4v) is 1.31. The molecular formula is C12H16O2. The van der Waals surface area contributed by atoms with Crippen molar-refractivity contribution >= 4 is 5.78 Å². The van der Waals surface area contributed by atoms with Crippen molar-refractivity contribution in [3.63, 3.8) is 0 Å². The number of benzene rings is 1. The Morgan fingerprint density at radius 3 is 2.36 bits per heavy atom. The molecule has 0 spiro atoms. The first-order valence-electron chi connectivity index (χ1n) is 4.93. The first-order valence-corrected chi connectivity index (χ1v) is 4.93. The minimum absolute atomic E-state index is 0.140. The molecule has 0 bridgehead atoms. The van der Waals surface area contributed by atoms with E-state index in [0.29, 0.717) is 6.42 Å². The van der Waals surface area contributed by atoms with Gasteiger partial charge in [0.1, 0.15) is 0 Å². The lowest BCUT2D eigenvalue weighted by Gasteiger charge is -2.08. The Hall–Kier alpha value is -1.15. The van der Waals surface area contributed by atoms with Crippen LogP contribution in [-0.4, -0.2) is 17.5 Å². The summed E-state index contributed by atoms with van der Waals surface area (Å²) in [7, 11) is 0. The number of aliphatic hydroxyl groups is 1. The maximum atomic E-state index is 11.3. The fourth-order valence-electron chi connectivity index (χ4n) is 1.31. The summed E-state index contributed by atoms with van der Waals surface area (Å²) in [6.07, 6.45) is 0.537. The molecule has 1 aromatic rings. The summed E-state index contributed by atoms with van der Waals surface area (Å²) in [5, 5.41) is 8.95. The maximum absolute atomic E-state index is 11.3. The van der Waals surface area contributed by atoms with Gasteiger partial charge in [-0.2, -0.15) is 0 Å². The average molecular weight is 192 g/mol. The van der Waals surface area contributed by atoms with E-state index in [-0.39, 0.29) is 18.3 Å². The molecule has 0 aliphatic rings. The van der Waals surface area contributed by atoms with Crippen molar-refractivity contribution in [2.45, 2.75) is 26.2 Å². The first-order chi connectivity index (χ1) is 6.69. The average Bonchev–Trinajstić information content (AvgIpc) is 2.27. The minimum Gasteiger partial charge on any atom is -0.396 e. The molecule has 1 atom stereocenters. The third kappa shape index (κ3) is 2.42. The predicted octanol–water partition coefficient (Wildman–Crippen LogP) is 2.38. The molecule has 76 valence electrons. The normalized spacial score (nSPS) is 12.5. The standard InChI is InChI=1S/C12H16O2/c1-3-12(14)11-6-4-10(5-7-11)9(2)8-13/h4-7,9,13H,3,8H2,1-2H3. The van der Waals surface area contributed by atoms with Crippen LogP contribution in [0.5, 0.6) is 0 Å². The van der Waals surface area contributed by atoms with Crippen molar-refractivity contribution in [3.8, 4) is 0 Å². The van der Waals surface area contributed by atoms with Crippen LogP contribution in [0.15, 0.2) is 24.3 Å². The number of ketones is 1. The van der Waals surface area contributed by atoms with Crippen LogP contribution < -0.4 is 0 Å². The third-order valence-corrected chi connectivity index (χ3v) is 2.40. The van der Waals surface area contributed by atoms with Gasteiger partial charge in [-0.1, -0.05) is 38.1 Å². The molecular weight excluding hydrogens is 176 g/mol. The fraction of sp³-hybridized carbons (Fsp3) is 0.417. The van der Waals surface area contributed by atoms with Gasteiger partial charge in [-0.15, -0.1) is 0 Å². The zero-order valence-electron chi connectivity index (χ0n) is 8.66. The number of carbonyl (C=O) groups excluding carboxylic acids is 1. The number of Topliss-reactive ketones (excluding diaryl/α,β-unsaturated/α-hetero) is 1. The van der Waals surface area contributed by atoms with Gasteiger partial charge in [0, 0.05) is 24.5 Å². The van der Waals surface area contributed by atoms with Crippen LogP contribution in [0.4, 0.5) is 0 Å². The van der Waals surface area contributed by atoms with Gasteiger partial charge in [0.05, 0.1) is 0 Å². The van der Waals surface area contributed by atoms with Crippen LogP contribution in [0.1, 0.15) is 42.1 Å². The second kappa shape index (κ2) is 4.91. The Balaban J connectivity index is 2.83. The van der Waals surface area contributed by atoms with Gasteiger partial charge >= 0.3 is 0 Å². The molecule has 0 aromatic heterocycles. The van der Waals surface area contributed by atoms with E-state index in [1.165, 1.54) is 0 Å². The minimum atomic E-state index is 0.140. The molecule has 0 saturated carbocycles. The molecule has 1 aromatic carbocycles. The number of rotatable bonds is 4. The molecule has 2 heteroatoms.